The molecule has 0 radical (unpaired) electrons. The van der Waals surface area contributed by atoms with Crippen molar-refractivity contribution in [2.45, 2.75) is 32.1 Å². The number of hydrogen-bond donors (Lipinski definition) is 1. The van der Waals surface area contributed by atoms with E-state index in [-0.39, 0.29) is 5.92 Å². The summed E-state index contributed by atoms with van der Waals surface area (Å²) in [5.74, 6) is -0.422. The Morgan fingerprint density at radius 1 is 1.29 bits per heavy atom. The number of rotatable bonds is 2. The number of carboxylic acids is 1. The van der Waals surface area contributed by atoms with Crippen molar-refractivity contribution >= 4 is 17.6 Å². The van der Waals surface area contributed by atoms with Crippen LogP contribution in [-0.4, -0.2) is 16.2 Å². The number of aromatic nitrogens is 1. The van der Waals surface area contributed by atoms with Crippen LogP contribution in [0.3, 0.4) is 0 Å². The molecule has 1 unspecified atom stereocenters. The molecule has 1 aromatic carbocycles. The third kappa shape index (κ3) is 2.95. The van der Waals surface area contributed by atoms with Gasteiger partial charge >= 0.3 is 5.97 Å². The largest absolute Gasteiger partial charge is 0.481 e. The molecule has 0 bridgehead atoms. The van der Waals surface area contributed by atoms with E-state index < -0.39 is 5.97 Å². The van der Waals surface area contributed by atoms with E-state index in [0.717, 1.165) is 36.1 Å². The molecule has 1 aliphatic rings. The van der Waals surface area contributed by atoms with Crippen molar-refractivity contribution in [2.24, 2.45) is 5.92 Å². The van der Waals surface area contributed by atoms with Crippen LogP contribution in [0.5, 0.6) is 0 Å². The van der Waals surface area contributed by atoms with Gasteiger partial charge in [0.2, 0.25) is 0 Å². The number of carbonyl (C=O) groups is 1. The van der Waals surface area contributed by atoms with Gasteiger partial charge in [0.15, 0.2) is 0 Å². The minimum absolute atomic E-state index is 0.380. The lowest BCUT2D eigenvalue weighted by Gasteiger charge is -2.15. The zero-order valence-corrected chi connectivity index (χ0v) is 12.3. The smallest absolute Gasteiger partial charge is 0.306 e. The highest BCUT2D eigenvalue weighted by Gasteiger charge is 2.26. The summed E-state index contributed by atoms with van der Waals surface area (Å²) in [6.45, 7) is 0. The third-order valence-electron chi connectivity index (χ3n) is 4.00. The fourth-order valence-corrected chi connectivity index (χ4v) is 2.95. The standard InChI is InChI=1S/C16H16ClNO3/c17-12-7-5-10(6-8-12)15-13-4-2-1-3-11(16(19)20)9-14(13)21-18-15/h5-8,11H,1-4,9H2,(H,19,20). The normalized spacial score (nSPS) is 18.6. The minimum atomic E-state index is -0.757. The topological polar surface area (TPSA) is 63.3 Å². The van der Waals surface area contributed by atoms with Crippen LogP contribution in [0.1, 0.15) is 30.6 Å². The van der Waals surface area contributed by atoms with E-state index in [2.05, 4.69) is 5.16 Å². The first kappa shape index (κ1) is 14.1. The highest BCUT2D eigenvalue weighted by Crippen LogP contribution is 2.32. The van der Waals surface area contributed by atoms with Crippen LogP contribution in [0, 0.1) is 5.92 Å². The van der Waals surface area contributed by atoms with Crippen molar-refractivity contribution in [3.8, 4) is 11.3 Å². The highest BCUT2D eigenvalue weighted by atomic mass is 35.5. The van der Waals surface area contributed by atoms with E-state index in [9.17, 15) is 9.90 Å². The van der Waals surface area contributed by atoms with Crippen LogP contribution in [0.4, 0.5) is 0 Å². The molecule has 1 heterocycles. The zero-order chi connectivity index (χ0) is 14.8. The molecule has 0 saturated carbocycles. The summed E-state index contributed by atoms with van der Waals surface area (Å²) < 4.78 is 5.44. The Balaban J connectivity index is 1.97. The average Bonchev–Trinajstić information content (AvgIpc) is 2.81. The second kappa shape index (κ2) is 5.90. The Kier molecular flexibility index (Phi) is 3.97. The molecule has 2 aromatic rings. The van der Waals surface area contributed by atoms with E-state index in [0.29, 0.717) is 23.6 Å². The van der Waals surface area contributed by atoms with Crippen LogP contribution < -0.4 is 0 Å². The minimum Gasteiger partial charge on any atom is -0.481 e. The zero-order valence-electron chi connectivity index (χ0n) is 11.5. The third-order valence-corrected chi connectivity index (χ3v) is 4.25. The number of halogens is 1. The van der Waals surface area contributed by atoms with Crippen LogP contribution in [0.15, 0.2) is 28.8 Å². The van der Waals surface area contributed by atoms with Crippen molar-refractivity contribution in [3.63, 3.8) is 0 Å². The maximum absolute atomic E-state index is 11.3. The predicted octanol–water partition coefficient (Wildman–Crippen LogP) is 3.96. The summed E-state index contributed by atoms with van der Waals surface area (Å²) in [5.41, 5.74) is 2.81. The number of hydrogen-bond acceptors (Lipinski definition) is 3. The lowest BCUT2D eigenvalue weighted by atomic mass is 9.89. The first-order valence-electron chi connectivity index (χ1n) is 7.11. The Labute approximate surface area is 127 Å². The first-order valence-corrected chi connectivity index (χ1v) is 7.49. The maximum Gasteiger partial charge on any atom is 0.306 e. The van der Waals surface area contributed by atoms with Gasteiger partial charge in [-0.25, -0.2) is 0 Å². The van der Waals surface area contributed by atoms with Crippen molar-refractivity contribution in [3.05, 3.63) is 40.6 Å². The summed E-state index contributed by atoms with van der Waals surface area (Å²) in [5, 5.41) is 14.1. The van der Waals surface area contributed by atoms with Gasteiger partial charge in [-0.05, 0) is 31.4 Å². The van der Waals surface area contributed by atoms with E-state index in [4.69, 9.17) is 16.1 Å². The molecule has 3 rings (SSSR count). The lowest BCUT2D eigenvalue weighted by molar-refractivity contribution is -0.142. The molecule has 0 amide bonds. The Morgan fingerprint density at radius 3 is 2.76 bits per heavy atom. The van der Waals surface area contributed by atoms with Crippen molar-refractivity contribution in [1.29, 1.82) is 0 Å². The molecule has 21 heavy (non-hydrogen) atoms. The number of nitrogens with zero attached hydrogens (tertiary/aromatic N) is 1. The summed E-state index contributed by atoms with van der Waals surface area (Å²) in [7, 11) is 0. The van der Waals surface area contributed by atoms with Crippen LogP contribution in [0.25, 0.3) is 11.3 Å². The number of aliphatic carboxylic acids is 1. The van der Waals surface area contributed by atoms with Gasteiger partial charge in [0.1, 0.15) is 11.5 Å². The monoisotopic (exact) mass is 305 g/mol. The van der Waals surface area contributed by atoms with Gasteiger partial charge < -0.3 is 9.63 Å². The molecular formula is C16H16ClNO3. The molecule has 0 saturated heterocycles. The number of carboxylic acid groups (broad SMARTS) is 1. The Morgan fingerprint density at radius 2 is 2.05 bits per heavy atom. The molecule has 0 aliphatic heterocycles. The van der Waals surface area contributed by atoms with Gasteiger partial charge in [0.25, 0.3) is 0 Å². The van der Waals surface area contributed by atoms with Crippen molar-refractivity contribution in [2.75, 3.05) is 0 Å². The first-order chi connectivity index (χ1) is 10.1. The quantitative estimate of drug-likeness (QED) is 0.912. The lowest BCUT2D eigenvalue weighted by Crippen LogP contribution is -2.18. The molecule has 1 atom stereocenters. The molecule has 0 fully saturated rings. The Hall–Kier alpha value is -1.81. The Bertz CT molecular complexity index is 648. The average molecular weight is 306 g/mol. The van der Waals surface area contributed by atoms with Gasteiger partial charge in [-0.2, -0.15) is 0 Å². The van der Waals surface area contributed by atoms with Gasteiger partial charge in [0, 0.05) is 22.6 Å². The van der Waals surface area contributed by atoms with Crippen molar-refractivity contribution in [1.82, 2.24) is 5.16 Å². The second-order valence-electron chi connectivity index (χ2n) is 5.42. The number of benzene rings is 1. The van der Waals surface area contributed by atoms with Gasteiger partial charge in [-0.1, -0.05) is 35.3 Å². The molecule has 4 nitrogen and oxygen atoms in total. The molecular weight excluding hydrogens is 290 g/mol. The summed E-state index contributed by atoms with van der Waals surface area (Å²) in [6, 6.07) is 7.46. The van der Waals surface area contributed by atoms with Crippen LogP contribution in [0.2, 0.25) is 5.02 Å². The molecule has 110 valence electrons. The summed E-state index contributed by atoms with van der Waals surface area (Å²) in [4.78, 5) is 11.3. The van der Waals surface area contributed by atoms with E-state index in [1.165, 1.54) is 0 Å². The summed E-state index contributed by atoms with van der Waals surface area (Å²) in [6.07, 6.45) is 3.88. The molecule has 1 aromatic heterocycles. The van der Waals surface area contributed by atoms with E-state index >= 15 is 0 Å². The van der Waals surface area contributed by atoms with E-state index in [1.807, 2.05) is 24.3 Å². The summed E-state index contributed by atoms with van der Waals surface area (Å²) >= 11 is 5.91. The predicted molar refractivity (Wildman–Crippen MR) is 79.3 cm³/mol. The molecule has 1 N–H and O–H groups in total. The van der Waals surface area contributed by atoms with Gasteiger partial charge in [0.05, 0.1) is 5.92 Å². The van der Waals surface area contributed by atoms with Gasteiger partial charge in [-0.15, -0.1) is 0 Å². The SMILES string of the molecule is O=C(O)C1CCCCc2c(-c3ccc(Cl)cc3)noc2C1. The second-order valence-corrected chi connectivity index (χ2v) is 5.86. The van der Waals surface area contributed by atoms with E-state index in [1.54, 1.807) is 0 Å². The molecule has 5 heteroatoms. The highest BCUT2D eigenvalue weighted by molar-refractivity contribution is 6.30. The van der Waals surface area contributed by atoms with Crippen LogP contribution >= 0.6 is 11.6 Å². The molecule has 0 spiro atoms. The van der Waals surface area contributed by atoms with Gasteiger partial charge in [-0.3, -0.25) is 4.79 Å². The maximum atomic E-state index is 11.3. The fourth-order valence-electron chi connectivity index (χ4n) is 2.83. The van der Waals surface area contributed by atoms with Crippen molar-refractivity contribution < 1.29 is 14.4 Å². The molecule has 1 aliphatic carbocycles. The number of fused-ring (bicyclic) bond motifs is 1. The van der Waals surface area contributed by atoms with Crippen LogP contribution in [-0.2, 0) is 17.6 Å². The fraction of sp³-hybridized carbons (Fsp3) is 0.375.